The lowest BCUT2D eigenvalue weighted by Gasteiger charge is -2.33. The minimum Gasteiger partial charge on any atom is -0.495 e. The van der Waals surface area contributed by atoms with E-state index in [9.17, 15) is 24.9 Å². The molecule has 5 N–H and O–H groups in total. The number of aromatic nitrogens is 1. The van der Waals surface area contributed by atoms with Crippen LogP contribution in [-0.2, 0) is 40.0 Å². The number of phosphoric ester groups is 1. The zero-order chi connectivity index (χ0) is 44.5. The van der Waals surface area contributed by atoms with Gasteiger partial charge in [-0.15, -0.1) is 0 Å². The highest BCUT2D eigenvalue weighted by Gasteiger charge is 2.82. The molecule has 4 rings (SSSR count). The first-order valence-electron chi connectivity index (χ1n) is 21.8. The van der Waals surface area contributed by atoms with Crippen molar-refractivity contribution in [2.75, 3.05) is 41.1 Å². The molecular weight excluding hydrogens is 805 g/mol. The van der Waals surface area contributed by atoms with Crippen LogP contribution in [0.15, 0.2) is 34.4 Å². The fourth-order valence-corrected chi connectivity index (χ4v) is 8.99. The molecule has 1 aliphatic heterocycles. The Morgan fingerprint density at radius 1 is 0.984 bits per heavy atom. The molecule has 16 nitrogen and oxygen atoms in total. The number of aliphatic imine (C=N–C) groups is 1. The Bertz CT molecular complexity index is 1780. The van der Waals surface area contributed by atoms with Crippen molar-refractivity contribution in [2.24, 2.45) is 15.8 Å². The number of hydrogen-bond donors (Lipinski definition) is 4. The molecule has 7 atom stereocenters. The lowest BCUT2D eigenvalue weighted by atomic mass is 9.91. The lowest BCUT2D eigenvalue weighted by molar-refractivity contribution is -0.127. The van der Waals surface area contributed by atoms with E-state index in [2.05, 4.69) is 29.8 Å². The van der Waals surface area contributed by atoms with Crippen LogP contribution in [0.25, 0.3) is 0 Å². The number of fused-ring (bicyclic) bond motifs is 1. The molecule has 1 saturated heterocycles. The van der Waals surface area contributed by atoms with Gasteiger partial charge in [-0.25, -0.2) is 9.24 Å². The average Bonchev–Trinajstić information content (AvgIpc) is 3.50. The molecule has 2 aromatic rings. The largest absolute Gasteiger partial charge is 0.495 e. The van der Waals surface area contributed by atoms with Crippen molar-refractivity contribution in [1.29, 1.82) is 5.26 Å². The first-order valence-corrected chi connectivity index (χ1v) is 23.3. The lowest BCUT2D eigenvalue weighted by Crippen LogP contribution is -2.46. The van der Waals surface area contributed by atoms with Crippen molar-refractivity contribution in [2.45, 2.75) is 159 Å². The molecule has 0 amide bonds. The second-order valence-electron chi connectivity index (χ2n) is 16.2. The topological polar surface area (TPSA) is 222 Å². The third-order valence-corrected chi connectivity index (χ3v) is 12.7. The molecule has 1 aliphatic carbocycles. The van der Waals surface area contributed by atoms with Gasteiger partial charge in [0.05, 0.1) is 39.7 Å². The SMILES string of the molecule is C=Nn1c(C(N)=NC)ccc1[C@]1(C)O[C@@H]2C(OP(=O)(O)OC[C@@H](COCCCCCCCCCCCCCCCCCC)OCc3cc(OC)c(C#N)c(OC)c3)[C@]2(O)[C@H]1O. The molecular formula is C44H70N5O11P. The van der Waals surface area contributed by atoms with E-state index in [1.807, 2.05) is 0 Å². The second kappa shape index (κ2) is 24.5. The van der Waals surface area contributed by atoms with Gasteiger partial charge in [0.1, 0.15) is 64.7 Å². The van der Waals surface area contributed by atoms with Crippen LogP contribution in [0.4, 0.5) is 0 Å². The number of nitrogens with zero attached hydrogens (tertiary/aromatic N) is 4. The van der Waals surface area contributed by atoms with Crippen molar-refractivity contribution in [1.82, 2.24) is 4.68 Å². The molecule has 0 radical (unpaired) electrons. The maximum Gasteiger partial charge on any atom is 0.472 e. The van der Waals surface area contributed by atoms with Gasteiger partial charge >= 0.3 is 7.82 Å². The molecule has 1 aromatic heterocycles. The Balaban J connectivity index is 1.25. The summed E-state index contributed by atoms with van der Waals surface area (Å²) in [4.78, 5) is 14.8. The second-order valence-corrected chi connectivity index (χ2v) is 17.6. The van der Waals surface area contributed by atoms with Crippen molar-refractivity contribution >= 4 is 20.4 Å². The van der Waals surface area contributed by atoms with Gasteiger partial charge in [-0.3, -0.25) is 14.0 Å². The molecule has 2 fully saturated rings. The predicted molar refractivity (Wildman–Crippen MR) is 233 cm³/mol. The Morgan fingerprint density at radius 3 is 2.02 bits per heavy atom. The summed E-state index contributed by atoms with van der Waals surface area (Å²) in [5.41, 5.74) is 4.05. The Labute approximate surface area is 362 Å². The highest BCUT2D eigenvalue weighted by atomic mass is 31.2. The normalized spacial score (nSPS) is 23.6. The maximum atomic E-state index is 13.3. The quantitative estimate of drug-likeness (QED) is 0.0246. The Kier molecular flexibility index (Phi) is 20.2. The van der Waals surface area contributed by atoms with Gasteiger partial charge in [0.15, 0.2) is 5.60 Å². The summed E-state index contributed by atoms with van der Waals surface area (Å²) in [5.74, 6) is 0.786. The number of phosphoric acid groups is 1. The summed E-state index contributed by atoms with van der Waals surface area (Å²) in [6.45, 7) is 7.50. The number of amidine groups is 1. The van der Waals surface area contributed by atoms with Crippen LogP contribution in [0.5, 0.6) is 11.5 Å². The van der Waals surface area contributed by atoms with Gasteiger partial charge in [0.2, 0.25) is 0 Å². The highest BCUT2D eigenvalue weighted by molar-refractivity contribution is 7.47. The third kappa shape index (κ3) is 13.3. The number of unbranched alkanes of at least 4 members (excludes halogenated alkanes) is 15. The number of nitrogens with two attached hydrogens (primary N) is 1. The summed E-state index contributed by atoms with van der Waals surface area (Å²) < 4.78 is 54.3. The predicted octanol–water partition coefficient (Wildman–Crippen LogP) is 7.26. The number of aliphatic hydroxyl groups excluding tert-OH is 1. The van der Waals surface area contributed by atoms with Gasteiger partial charge in [0.25, 0.3) is 0 Å². The standard InChI is InChI=1S/C44H70N5O11P/c1-7-8-9-10-11-12-13-14-15-16-17-18-19-20-21-22-25-56-30-33(57-29-32-26-36(54-5)34(28-45)37(27-32)55-6)31-58-61(52,53)60-40-39-44(40,51)42(50)43(2,59-39)38-24-23-35(41(46)47-3)49(38)48-4/h23-24,26-27,33,39-40,42,50-51H,4,7-22,25,29-31H2,1-3,5-6H3,(H2,46,47)(H,52,53)/t33-,39-,40?,42+,43+,44+/m1/s1. The summed E-state index contributed by atoms with van der Waals surface area (Å²) in [7, 11) is -0.435. The molecule has 1 aromatic carbocycles. The minimum atomic E-state index is -4.84. The van der Waals surface area contributed by atoms with Gasteiger partial charge in [-0.1, -0.05) is 103 Å². The van der Waals surface area contributed by atoms with Crippen LogP contribution in [0.2, 0.25) is 0 Å². The van der Waals surface area contributed by atoms with Gasteiger partial charge in [0, 0.05) is 20.4 Å². The summed E-state index contributed by atoms with van der Waals surface area (Å²) in [6.07, 6.45) is 15.3. The number of hydrogen-bond acceptors (Lipinski definition) is 13. The minimum absolute atomic E-state index is 0.00722. The van der Waals surface area contributed by atoms with E-state index in [4.69, 9.17) is 38.5 Å². The van der Waals surface area contributed by atoms with Crippen LogP contribution in [0, 0.1) is 11.3 Å². The number of methoxy groups -OCH3 is 2. The molecule has 17 heteroatoms. The number of nitriles is 1. The molecule has 0 spiro atoms. The molecule has 2 unspecified atom stereocenters. The fraction of sp³-hybridized carbons (Fsp3) is 0.705. The molecule has 2 aliphatic rings. The van der Waals surface area contributed by atoms with E-state index in [0.717, 1.165) is 19.3 Å². The first kappa shape index (κ1) is 50.3. The third-order valence-electron chi connectivity index (χ3n) is 11.7. The highest BCUT2D eigenvalue weighted by Crippen LogP contribution is 2.63. The number of benzene rings is 1. The van der Waals surface area contributed by atoms with Crippen molar-refractivity contribution in [3.63, 3.8) is 0 Å². The Hall–Kier alpha value is -3.36. The van der Waals surface area contributed by atoms with E-state index in [0.29, 0.717) is 35.1 Å². The van der Waals surface area contributed by atoms with Crippen LogP contribution < -0.4 is 15.2 Å². The zero-order valence-electron chi connectivity index (χ0n) is 36.9. The van der Waals surface area contributed by atoms with Crippen LogP contribution in [0.1, 0.15) is 139 Å². The number of rotatable bonds is 32. The molecule has 342 valence electrons. The number of aliphatic hydroxyl groups is 2. The molecule has 0 bridgehead atoms. The summed E-state index contributed by atoms with van der Waals surface area (Å²) >= 11 is 0. The summed E-state index contributed by atoms with van der Waals surface area (Å²) in [6, 6.07) is 8.61. The first-order chi connectivity index (χ1) is 29.3. The van der Waals surface area contributed by atoms with E-state index >= 15 is 0 Å². The number of ether oxygens (including phenoxy) is 5. The molecule has 61 heavy (non-hydrogen) atoms. The van der Waals surface area contributed by atoms with Gasteiger partial charge < -0.3 is 44.5 Å². The van der Waals surface area contributed by atoms with Gasteiger partial charge in [-0.2, -0.15) is 10.4 Å². The van der Waals surface area contributed by atoms with Crippen LogP contribution in [0.3, 0.4) is 0 Å². The fourth-order valence-electron chi connectivity index (χ4n) is 8.01. The van der Waals surface area contributed by atoms with E-state index < -0.39 is 50.0 Å². The monoisotopic (exact) mass is 875 g/mol. The smallest absolute Gasteiger partial charge is 0.472 e. The van der Waals surface area contributed by atoms with E-state index in [-0.39, 0.29) is 24.6 Å². The molecule has 1 saturated carbocycles. The van der Waals surface area contributed by atoms with E-state index in [1.165, 1.54) is 109 Å². The Morgan fingerprint density at radius 2 is 1.54 bits per heavy atom. The average molecular weight is 876 g/mol. The van der Waals surface area contributed by atoms with Crippen molar-refractivity contribution < 1.29 is 52.4 Å². The maximum absolute atomic E-state index is 13.3. The zero-order valence-corrected chi connectivity index (χ0v) is 37.8. The van der Waals surface area contributed by atoms with Crippen molar-refractivity contribution in [3.05, 3.63) is 46.8 Å². The van der Waals surface area contributed by atoms with E-state index in [1.54, 1.807) is 31.2 Å². The van der Waals surface area contributed by atoms with Crippen molar-refractivity contribution in [3.8, 4) is 17.6 Å². The van der Waals surface area contributed by atoms with Crippen LogP contribution >= 0.6 is 7.82 Å². The molecule has 2 heterocycles. The summed E-state index contributed by atoms with van der Waals surface area (Å²) in [5, 5.41) is 36.4. The van der Waals surface area contributed by atoms with Crippen LogP contribution in [-0.4, -0.2) is 103 Å². The van der Waals surface area contributed by atoms with Gasteiger partial charge in [-0.05, 0) is 43.2 Å².